The van der Waals surface area contributed by atoms with Crippen molar-refractivity contribution in [2.75, 3.05) is 4.90 Å². The Morgan fingerprint density at radius 2 is 1.92 bits per heavy atom. The van der Waals surface area contributed by atoms with Gasteiger partial charge in [-0.2, -0.15) is 0 Å². The molecule has 5 nitrogen and oxygen atoms in total. The average Bonchev–Trinajstić information content (AvgIpc) is 2.78. The maximum absolute atomic E-state index is 12.6. The Morgan fingerprint density at radius 3 is 2.62 bits per heavy atom. The molecule has 1 saturated heterocycles. The molecule has 0 saturated carbocycles. The number of imide groups is 1. The number of amides is 3. The zero-order chi connectivity index (χ0) is 17.4. The van der Waals surface area contributed by atoms with E-state index in [-0.39, 0.29) is 11.4 Å². The molecule has 0 spiro atoms. The van der Waals surface area contributed by atoms with E-state index in [0.717, 1.165) is 8.47 Å². The van der Waals surface area contributed by atoms with Crippen molar-refractivity contribution in [1.29, 1.82) is 0 Å². The number of aromatic hydroxyl groups is 1. The van der Waals surface area contributed by atoms with Gasteiger partial charge in [-0.3, -0.25) is 4.79 Å². The van der Waals surface area contributed by atoms with Crippen LogP contribution in [0, 0.1) is 7.14 Å². The van der Waals surface area contributed by atoms with Crippen LogP contribution in [0.1, 0.15) is 5.56 Å². The third kappa shape index (κ3) is 3.38. The summed E-state index contributed by atoms with van der Waals surface area (Å²) in [6, 6.07) is 9.46. The molecule has 0 unspecified atom stereocenters. The maximum atomic E-state index is 12.6. The van der Waals surface area contributed by atoms with Gasteiger partial charge >= 0.3 is 6.03 Å². The minimum Gasteiger partial charge on any atom is -0.506 e. The Morgan fingerprint density at radius 1 is 1.17 bits per heavy atom. The SMILES string of the molecule is O=C1N/C(=C/c2cc(I)cc(I)c2O)C(=O)N1c1cccc(Cl)c1. The summed E-state index contributed by atoms with van der Waals surface area (Å²) >= 11 is 10.0. The standard InChI is InChI=1S/C16H9ClI2N2O3/c17-9-2-1-3-11(6-9)21-15(23)13(20-16(21)24)5-8-4-10(18)7-12(19)14(8)22/h1-7,22H,(H,20,24)/b13-5+. The minimum atomic E-state index is -0.562. The van der Waals surface area contributed by atoms with Gasteiger partial charge in [0, 0.05) is 14.2 Å². The number of anilines is 1. The molecular weight excluding hydrogens is 557 g/mol. The van der Waals surface area contributed by atoms with Crippen molar-refractivity contribution in [1.82, 2.24) is 5.32 Å². The number of nitrogens with zero attached hydrogens (tertiary/aromatic N) is 1. The van der Waals surface area contributed by atoms with Gasteiger partial charge in [-0.25, -0.2) is 9.69 Å². The predicted octanol–water partition coefficient (Wildman–Crippen LogP) is 4.35. The highest BCUT2D eigenvalue weighted by molar-refractivity contribution is 14.1. The van der Waals surface area contributed by atoms with Gasteiger partial charge in [-0.15, -0.1) is 0 Å². The van der Waals surface area contributed by atoms with E-state index >= 15 is 0 Å². The van der Waals surface area contributed by atoms with Gasteiger partial charge < -0.3 is 10.4 Å². The van der Waals surface area contributed by atoms with Gasteiger partial charge in [-0.05, 0) is 81.6 Å². The second kappa shape index (κ2) is 6.89. The van der Waals surface area contributed by atoms with Crippen LogP contribution in [-0.2, 0) is 4.79 Å². The normalized spacial score (nSPS) is 16.0. The van der Waals surface area contributed by atoms with Crippen molar-refractivity contribution in [3.05, 3.63) is 59.8 Å². The van der Waals surface area contributed by atoms with Gasteiger partial charge in [0.2, 0.25) is 0 Å². The third-order valence-corrected chi connectivity index (χ3v) is 4.98. The number of carbonyl (C=O) groups excluding carboxylic acids is 2. The Balaban J connectivity index is 2.00. The van der Waals surface area contributed by atoms with Crippen LogP contribution in [0.25, 0.3) is 6.08 Å². The molecule has 2 aromatic rings. The van der Waals surface area contributed by atoms with Crippen LogP contribution in [-0.4, -0.2) is 17.0 Å². The van der Waals surface area contributed by atoms with Crippen molar-refractivity contribution in [2.45, 2.75) is 0 Å². The highest BCUT2D eigenvalue weighted by Gasteiger charge is 2.35. The molecule has 24 heavy (non-hydrogen) atoms. The van der Waals surface area contributed by atoms with E-state index in [9.17, 15) is 14.7 Å². The molecule has 1 heterocycles. The van der Waals surface area contributed by atoms with Crippen LogP contribution >= 0.6 is 56.8 Å². The zero-order valence-corrected chi connectivity index (χ0v) is 17.0. The largest absolute Gasteiger partial charge is 0.506 e. The van der Waals surface area contributed by atoms with Gasteiger partial charge in [0.1, 0.15) is 11.4 Å². The number of hydrogen-bond donors (Lipinski definition) is 2. The Kier molecular flexibility index (Phi) is 5.02. The van der Waals surface area contributed by atoms with E-state index in [1.807, 2.05) is 28.7 Å². The number of hydrogen-bond acceptors (Lipinski definition) is 3. The third-order valence-electron chi connectivity index (χ3n) is 3.30. The first kappa shape index (κ1) is 17.5. The molecule has 8 heteroatoms. The second-order valence-corrected chi connectivity index (χ2v) is 7.78. The zero-order valence-electron chi connectivity index (χ0n) is 11.9. The fraction of sp³-hybridized carbons (Fsp3) is 0. The first-order valence-corrected chi connectivity index (χ1v) is 9.21. The molecule has 0 radical (unpaired) electrons. The van der Waals surface area contributed by atoms with Crippen molar-refractivity contribution in [2.24, 2.45) is 0 Å². The van der Waals surface area contributed by atoms with Gasteiger partial charge in [-0.1, -0.05) is 17.7 Å². The summed E-state index contributed by atoms with van der Waals surface area (Å²) in [5.41, 5.74) is 0.936. The molecule has 1 aliphatic heterocycles. The summed E-state index contributed by atoms with van der Waals surface area (Å²) in [6.45, 7) is 0. The quantitative estimate of drug-likeness (QED) is 0.323. The number of nitrogens with one attached hydrogen (secondary N) is 1. The monoisotopic (exact) mass is 566 g/mol. The molecule has 3 rings (SSSR count). The number of rotatable bonds is 2. The molecular formula is C16H9ClI2N2O3. The molecule has 0 aromatic heterocycles. The summed E-state index contributed by atoms with van der Waals surface area (Å²) in [7, 11) is 0. The first-order valence-electron chi connectivity index (χ1n) is 6.67. The number of urea groups is 1. The van der Waals surface area contributed by atoms with Crippen LogP contribution in [0.3, 0.4) is 0 Å². The van der Waals surface area contributed by atoms with E-state index in [2.05, 4.69) is 27.9 Å². The van der Waals surface area contributed by atoms with Crippen molar-refractivity contribution < 1.29 is 14.7 Å². The molecule has 0 bridgehead atoms. The minimum absolute atomic E-state index is 0.0618. The van der Waals surface area contributed by atoms with Crippen LogP contribution in [0.4, 0.5) is 10.5 Å². The number of phenols is 1. The van der Waals surface area contributed by atoms with E-state index in [0.29, 0.717) is 19.8 Å². The van der Waals surface area contributed by atoms with Crippen LogP contribution in [0.15, 0.2) is 42.1 Å². The Labute approximate surface area is 170 Å². The Bertz CT molecular complexity index is 899. The second-order valence-electron chi connectivity index (χ2n) is 4.93. The number of carbonyl (C=O) groups is 2. The van der Waals surface area contributed by atoms with Gasteiger partial charge in [0.15, 0.2) is 0 Å². The van der Waals surface area contributed by atoms with E-state index < -0.39 is 11.9 Å². The Hall–Kier alpha value is -1.33. The first-order chi connectivity index (χ1) is 11.4. The lowest BCUT2D eigenvalue weighted by Gasteiger charge is -2.11. The molecule has 2 aromatic carbocycles. The highest BCUT2D eigenvalue weighted by Crippen LogP contribution is 2.30. The fourth-order valence-electron chi connectivity index (χ4n) is 2.24. The smallest absolute Gasteiger partial charge is 0.333 e. The lowest BCUT2D eigenvalue weighted by molar-refractivity contribution is -0.113. The molecule has 3 amide bonds. The van der Waals surface area contributed by atoms with E-state index in [4.69, 9.17) is 11.6 Å². The van der Waals surface area contributed by atoms with Gasteiger partial charge in [0.05, 0.1) is 9.26 Å². The van der Waals surface area contributed by atoms with Crippen molar-refractivity contribution in [3.63, 3.8) is 0 Å². The molecule has 2 N–H and O–H groups in total. The van der Waals surface area contributed by atoms with Crippen LogP contribution < -0.4 is 10.2 Å². The number of halogens is 3. The summed E-state index contributed by atoms with van der Waals surface area (Å²) in [6.07, 6.45) is 1.46. The summed E-state index contributed by atoms with van der Waals surface area (Å²) < 4.78 is 1.57. The average molecular weight is 567 g/mol. The van der Waals surface area contributed by atoms with E-state index in [1.54, 1.807) is 24.3 Å². The van der Waals surface area contributed by atoms with E-state index in [1.165, 1.54) is 12.1 Å². The molecule has 0 atom stereocenters. The van der Waals surface area contributed by atoms with Crippen molar-refractivity contribution in [3.8, 4) is 5.75 Å². The van der Waals surface area contributed by atoms with Crippen molar-refractivity contribution >= 4 is 80.5 Å². The summed E-state index contributed by atoms with van der Waals surface area (Å²) in [5.74, 6) is -0.442. The summed E-state index contributed by atoms with van der Waals surface area (Å²) in [4.78, 5) is 25.7. The molecule has 1 fully saturated rings. The highest BCUT2D eigenvalue weighted by atomic mass is 127. The topological polar surface area (TPSA) is 69.6 Å². The van der Waals surface area contributed by atoms with Crippen LogP contribution in [0.2, 0.25) is 5.02 Å². The molecule has 0 aliphatic carbocycles. The maximum Gasteiger partial charge on any atom is 0.333 e. The fourth-order valence-corrected chi connectivity index (χ4v) is 4.31. The number of phenolic OH excluding ortho intramolecular Hbond substituents is 1. The molecule has 122 valence electrons. The lowest BCUT2D eigenvalue weighted by atomic mass is 10.1. The number of benzene rings is 2. The lowest BCUT2D eigenvalue weighted by Crippen LogP contribution is -2.30. The summed E-state index contributed by atoms with van der Waals surface area (Å²) in [5, 5.41) is 13.1. The van der Waals surface area contributed by atoms with Crippen LogP contribution in [0.5, 0.6) is 5.75 Å². The predicted molar refractivity (Wildman–Crippen MR) is 109 cm³/mol. The van der Waals surface area contributed by atoms with Gasteiger partial charge in [0.25, 0.3) is 5.91 Å². The molecule has 1 aliphatic rings.